The molecular formula is C15H13ClO2S. The summed E-state index contributed by atoms with van der Waals surface area (Å²) in [5, 5.41) is 9.28. The van der Waals surface area contributed by atoms with E-state index in [1.165, 1.54) is 11.1 Å². The SMILES string of the molecule is Cc1ccc(CSc2ccc(Cl)c(C(=O)O)c2)cc1. The Kier molecular flexibility index (Phi) is 4.51. The van der Waals surface area contributed by atoms with Crippen molar-refractivity contribution in [3.8, 4) is 0 Å². The van der Waals surface area contributed by atoms with Crippen LogP contribution in [-0.4, -0.2) is 11.1 Å². The molecule has 0 unspecified atom stereocenters. The third-order valence-electron chi connectivity index (χ3n) is 2.69. The van der Waals surface area contributed by atoms with E-state index in [1.54, 1.807) is 23.9 Å². The van der Waals surface area contributed by atoms with E-state index in [2.05, 4.69) is 31.2 Å². The number of aryl methyl sites for hydroxylation is 1. The summed E-state index contributed by atoms with van der Waals surface area (Å²) in [6, 6.07) is 13.4. The molecule has 0 spiro atoms. The van der Waals surface area contributed by atoms with Crippen LogP contribution < -0.4 is 0 Å². The fraction of sp³-hybridized carbons (Fsp3) is 0.133. The van der Waals surface area contributed by atoms with Gasteiger partial charge in [0, 0.05) is 10.6 Å². The molecule has 0 saturated carbocycles. The third kappa shape index (κ3) is 3.75. The summed E-state index contributed by atoms with van der Waals surface area (Å²) in [4.78, 5) is 11.9. The Balaban J connectivity index is 2.09. The molecule has 0 radical (unpaired) electrons. The molecule has 19 heavy (non-hydrogen) atoms. The summed E-state index contributed by atoms with van der Waals surface area (Å²) in [6.07, 6.45) is 0. The van der Waals surface area contributed by atoms with Crippen molar-refractivity contribution in [3.63, 3.8) is 0 Å². The lowest BCUT2D eigenvalue weighted by molar-refractivity contribution is 0.0697. The normalized spacial score (nSPS) is 10.4. The number of aromatic carboxylic acids is 1. The molecule has 2 aromatic rings. The summed E-state index contributed by atoms with van der Waals surface area (Å²) in [5.74, 6) is -0.191. The molecular weight excluding hydrogens is 280 g/mol. The number of carboxylic acids is 1. The lowest BCUT2D eigenvalue weighted by Crippen LogP contribution is -1.97. The van der Waals surface area contributed by atoms with Gasteiger partial charge in [0.25, 0.3) is 0 Å². The minimum absolute atomic E-state index is 0.149. The van der Waals surface area contributed by atoms with Gasteiger partial charge in [-0.15, -0.1) is 11.8 Å². The Morgan fingerprint density at radius 1 is 1.21 bits per heavy atom. The van der Waals surface area contributed by atoms with Crippen LogP contribution in [0.2, 0.25) is 5.02 Å². The maximum atomic E-state index is 11.0. The summed E-state index contributed by atoms with van der Waals surface area (Å²) in [7, 11) is 0. The number of benzene rings is 2. The maximum absolute atomic E-state index is 11.0. The quantitative estimate of drug-likeness (QED) is 0.834. The molecule has 98 valence electrons. The van der Waals surface area contributed by atoms with Crippen molar-refractivity contribution in [2.75, 3.05) is 0 Å². The van der Waals surface area contributed by atoms with Crippen molar-refractivity contribution < 1.29 is 9.90 Å². The van der Waals surface area contributed by atoms with E-state index in [-0.39, 0.29) is 10.6 Å². The van der Waals surface area contributed by atoms with Crippen LogP contribution >= 0.6 is 23.4 Å². The molecule has 1 N–H and O–H groups in total. The molecule has 0 amide bonds. The minimum Gasteiger partial charge on any atom is -0.478 e. The predicted molar refractivity (Wildman–Crippen MR) is 79.2 cm³/mol. The molecule has 0 fully saturated rings. The maximum Gasteiger partial charge on any atom is 0.337 e. The van der Waals surface area contributed by atoms with Crippen molar-refractivity contribution in [2.45, 2.75) is 17.6 Å². The van der Waals surface area contributed by atoms with E-state index in [4.69, 9.17) is 16.7 Å². The highest BCUT2D eigenvalue weighted by atomic mass is 35.5. The molecule has 0 bridgehead atoms. The molecule has 4 heteroatoms. The van der Waals surface area contributed by atoms with Crippen LogP contribution in [0.1, 0.15) is 21.5 Å². The second-order valence-corrected chi connectivity index (χ2v) is 5.68. The fourth-order valence-electron chi connectivity index (χ4n) is 1.61. The largest absolute Gasteiger partial charge is 0.478 e. The van der Waals surface area contributed by atoms with E-state index in [0.717, 1.165) is 10.6 Å². The van der Waals surface area contributed by atoms with Gasteiger partial charge in [-0.3, -0.25) is 0 Å². The van der Waals surface area contributed by atoms with Gasteiger partial charge >= 0.3 is 5.97 Å². The number of hydrogen-bond acceptors (Lipinski definition) is 2. The second-order valence-electron chi connectivity index (χ2n) is 4.22. The first-order chi connectivity index (χ1) is 9.06. The predicted octanol–water partition coefficient (Wildman–Crippen LogP) is 4.64. The first kappa shape index (κ1) is 14.0. The third-order valence-corrected chi connectivity index (χ3v) is 4.09. The first-order valence-electron chi connectivity index (χ1n) is 5.77. The lowest BCUT2D eigenvalue weighted by atomic mass is 10.2. The number of hydrogen-bond donors (Lipinski definition) is 1. The smallest absolute Gasteiger partial charge is 0.337 e. The van der Waals surface area contributed by atoms with Gasteiger partial charge in [0.15, 0.2) is 0 Å². The summed E-state index contributed by atoms with van der Waals surface area (Å²) < 4.78 is 0. The number of carbonyl (C=O) groups is 1. The molecule has 0 saturated heterocycles. The fourth-order valence-corrected chi connectivity index (χ4v) is 2.70. The number of carboxylic acid groups (broad SMARTS) is 1. The average Bonchev–Trinajstić information content (AvgIpc) is 2.39. The van der Waals surface area contributed by atoms with Crippen LogP contribution in [0.5, 0.6) is 0 Å². The monoisotopic (exact) mass is 292 g/mol. The Morgan fingerprint density at radius 2 is 1.89 bits per heavy atom. The van der Waals surface area contributed by atoms with Gasteiger partial charge < -0.3 is 5.11 Å². The molecule has 0 heterocycles. The molecule has 2 nitrogen and oxygen atoms in total. The van der Waals surface area contributed by atoms with Gasteiger partial charge in [-0.25, -0.2) is 4.79 Å². The summed E-state index contributed by atoms with van der Waals surface area (Å²) in [6.45, 7) is 2.05. The zero-order chi connectivity index (χ0) is 13.8. The molecule has 0 aromatic heterocycles. The highest BCUT2D eigenvalue weighted by molar-refractivity contribution is 7.98. The Morgan fingerprint density at radius 3 is 2.53 bits per heavy atom. The van der Waals surface area contributed by atoms with Crippen LogP contribution in [0.3, 0.4) is 0 Å². The topological polar surface area (TPSA) is 37.3 Å². The van der Waals surface area contributed by atoms with Crippen LogP contribution in [0, 0.1) is 6.92 Å². The molecule has 0 aliphatic carbocycles. The number of rotatable bonds is 4. The minimum atomic E-state index is -0.997. The summed E-state index contributed by atoms with van der Waals surface area (Å²) in [5.41, 5.74) is 2.59. The highest BCUT2D eigenvalue weighted by Gasteiger charge is 2.09. The summed E-state index contributed by atoms with van der Waals surface area (Å²) >= 11 is 7.43. The van der Waals surface area contributed by atoms with Gasteiger partial charge in [-0.1, -0.05) is 41.4 Å². The van der Waals surface area contributed by atoms with Crippen molar-refractivity contribution in [1.29, 1.82) is 0 Å². The van der Waals surface area contributed by atoms with Crippen LogP contribution in [0.25, 0.3) is 0 Å². The zero-order valence-electron chi connectivity index (χ0n) is 10.4. The van der Waals surface area contributed by atoms with E-state index in [1.807, 2.05) is 6.07 Å². The van der Waals surface area contributed by atoms with Gasteiger partial charge in [0.05, 0.1) is 10.6 Å². The molecule has 0 aliphatic rings. The number of halogens is 1. The molecule has 0 atom stereocenters. The number of thioether (sulfide) groups is 1. The molecule has 2 rings (SSSR count). The molecule has 0 aliphatic heterocycles. The van der Waals surface area contributed by atoms with Gasteiger partial charge in [-0.2, -0.15) is 0 Å². The van der Waals surface area contributed by atoms with Gasteiger partial charge in [0.2, 0.25) is 0 Å². The lowest BCUT2D eigenvalue weighted by Gasteiger charge is -2.05. The van der Waals surface area contributed by atoms with Crippen LogP contribution in [-0.2, 0) is 5.75 Å². The van der Waals surface area contributed by atoms with Crippen LogP contribution in [0.15, 0.2) is 47.4 Å². The van der Waals surface area contributed by atoms with E-state index in [9.17, 15) is 4.79 Å². The van der Waals surface area contributed by atoms with Gasteiger partial charge in [-0.05, 0) is 30.7 Å². The van der Waals surface area contributed by atoms with Gasteiger partial charge in [0.1, 0.15) is 0 Å². The van der Waals surface area contributed by atoms with Crippen LogP contribution in [0.4, 0.5) is 0 Å². The van der Waals surface area contributed by atoms with Crippen molar-refractivity contribution in [1.82, 2.24) is 0 Å². The Labute approximate surface area is 121 Å². The highest BCUT2D eigenvalue weighted by Crippen LogP contribution is 2.27. The van der Waals surface area contributed by atoms with Crippen molar-refractivity contribution in [2.24, 2.45) is 0 Å². The molecule has 2 aromatic carbocycles. The Bertz CT molecular complexity index is 594. The van der Waals surface area contributed by atoms with E-state index in [0.29, 0.717) is 0 Å². The van der Waals surface area contributed by atoms with E-state index >= 15 is 0 Å². The average molecular weight is 293 g/mol. The Hall–Kier alpha value is -1.45. The van der Waals surface area contributed by atoms with Crippen molar-refractivity contribution in [3.05, 3.63) is 64.2 Å². The zero-order valence-corrected chi connectivity index (χ0v) is 12.0. The second kappa shape index (κ2) is 6.13. The standard InChI is InChI=1S/C15H13ClO2S/c1-10-2-4-11(5-3-10)9-19-12-6-7-14(16)13(8-12)15(17)18/h2-8H,9H2,1H3,(H,17,18). The first-order valence-corrected chi connectivity index (χ1v) is 7.14. The van der Waals surface area contributed by atoms with E-state index < -0.39 is 5.97 Å². The van der Waals surface area contributed by atoms with Crippen molar-refractivity contribution >= 4 is 29.3 Å².